The van der Waals surface area contributed by atoms with Gasteiger partial charge in [-0.25, -0.2) is 4.98 Å². The van der Waals surface area contributed by atoms with Crippen LogP contribution < -0.4 is 5.32 Å². The molecule has 1 N–H and O–H groups in total. The second-order valence-corrected chi connectivity index (χ2v) is 5.86. The van der Waals surface area contributed by atoms with Crippen LogP contribution in [0.1, 0.15) is 11.1 Å². The molecular formula is C13H9Br2F3N2. The van der Waals surface area contributed by atoms with Crippen LogP contribution in [0.25, 0.3) is 0 Å². The van der Waals surface area contributed by atoms with Crippen LogP contribution in [0.3, 0.4) is 0 Å². The largest absolute Gasteiger partial charge is 0.419 e. The van der Waals surface area contributed by atoms with Crippen molar-refractivity contribution < 1.29 is 13.2 Å². The van der Waals surface area contributed by atoms with Crippen LogP contribution in [-0.2, 0) is 12.7 Å². The van der Waals surface area contributed by atoms with Gasteiger partial charge in [0.15, 0.2) is 0 Å². The van der Waals surface area contributed by atoms with Crippen LogP contribution >= 0.6 is 31.9 Å². The molecule has 2 nitrogen and oxygen atoms in total. The lowest BCUT2D eigenvalue weighted by molar-refractivity contribution is -0.137. The Morgan fingerprint density at radius 2 is 1.85 bits per heavy atom. The van der Waals surface area contributed by atoms with Crippen molar-refractivity contribution in [2.24, 2.45) is 0 Å². The minimum atomic E-state index is -4.45. The zero-order valence-corrected chi connectivity index (χ0v) is 13.2. The Balaban J connectivity index is 2.21. The molecule has 0 saturated heterocycles. The summed E-state index contributed by atoms with van der Waals surface area (Å²) < 4.78 is 39.9. The Kier molecular flexibility index (Phi) is 4.70. The van der Waals surface area contributed by atoms with E-state index in [2.05, 4.69) is 42.2 Å². The molecule has 1 aromatic carbocycles. The average molecular weight is 410 g/mol. The summed E-state index contributed by atoms with van der Waals surface area (Å²) in [6.07, 6.45) is -3.12. The zero-order chi connectivity index (χ0) is 14.8. The molecule has 0 fully saturated rings. The highest BCUT2D eigenvalue weighted by Crippen LogP contribution is 2.35. The number of halogens is 5. The highest BCUT2D eigenvalue weighted by Gasteiger charge is 2.34. The number of pyridine rings is 1. The third-order valence-electron chi connectivity index (χ3n) is 2.51. The van der Waals surface area contributed by atoms with E-state index >= 15 is 0 Å². The normalized spacial score (nSPS) is 11.4. The monoisotopic (exact) mass is 408 g/mol. The van der Waals surface area contributed by atoms with Crippen LogP contribution in [0.15, 0.2) is 45.5 Å². The van der Waals surface area contributed by atoms with Gasteiger partial charge in [0.1, 0.15) is 5.82 Å². The summed E-state index contributed by atoms with van der Waals surface area (Å²) in [7, 11) is 0. The summed E-state index contributed by atoms with van der Waals surface area (Å²) >= 11 is 6.31. The van der Waals surface area contributed by atoms with Crippen LogP contribution in [-0.4, -0.2) is 4.98 Å². The van der Waals surface area contributed by atoms with Crippen LogP contribution in [0.4, 0.5) is 19.0 Å². The first-order chi connectivity index (χ1) is 9.36. The molecule has 1 aromatic heterocycles. The molecule has 2 rings (SSSR count). The predicted molar refractivity (Wildman–Crippen MR) is 78.4 cm³/mol. The van der Waals surface area contributed by atoms with E-state index in [1.165, 1.54) is 6.20 Å². The summed E-state index contributed by atoms with van der Waals surface area (Å²) in [6.45, 7) is 0.261. The fourth-order valence-corrected chi connectivity index (χ4v) is 2.41. The summed E-state index contributed by atoms with van der Waals surface area (Å²) in [5.74, 6) is -0.180. The number of benzene rings is 1. The molecule has 0 radical (unpaired) electrons. The maximum absolute atomic E-state index is 12.9. The van der Waals surface area contributed by atoms with Gasteiger partial charge in [0.25, 0.3) is 0 Å². The third kappa shape index (κ3) is 3.96. The van der Waals surface area contributed by atoms with Gasteiger partial charge in [0, 0.05) is 21.7 Å². The third-order valence-corrected chi connectivity index (χ3v) is 3.44. The van der Waals surface area contributed by atoms with E-state index in [9.17, 15) is 13.2 Å². The molecule has 0 amide bonds. The SMILES string of the molecule is FC(F)(F)c1cc(Br)cnc1NCc1cccc(Br)c1. The molecule has 0 saturated carbocycles. The molecule has 0 unspecified atom stereocenters. The lowest BCUT2D eigenvalue weighted by atomic mass is 10.2. The maximum atomic E-state index is 12.9. The zero-order valence-electron chi connectivity index (χ0n) is 10.0. The fourth-order valence-electron chi connectivity index (χ4n) is 1.63. The van der Waals surface area contributed by atoms with Gasteiger partial charge in [-0.1, -0.05) is 28.1 Å². The Morgan fingerprint density at radius 3 is 2.50 bits per heavy atom. The topological polar surface area (TPSA) is 24.9 Å². The van der Waals surface area contributed by atoms with Crippen molar-refractivity contribution in [2.45, 2.75) is 12.7 Å². The summed E-state index contributed by atoms with van der Waals surface area (Å²) in [4.78, 5) is 3.79. The van der Waals surface area contributed by atoms with Gasteiger partial charge in [-0.3, -0.25) is 0 Å². The first-order valence-corrected chi connectivity index (χ1v) is 7.16. The number of nitrogens with zero attached hydrogens (tertiary/aromatic N) is 1. The minimum absolute atomic E-state index is 0.180. The molecule has 0 aliphatic heterocycles. The Labute approximate surface area is 130 Å². The van der Waals surface area contributed by atoms with Crippen molar-refractivity contribution in [1.29, 1.82) is 0 Å². The fraction of sp³-hybridized carbons (Fsp3) is 0.154. The smallest absolute Gasteiger partial charge is 0.365 e. The van der Waals surface area contributed by atoms with E-state index in [1.54, 1.807) is 0 Å². The Morgan fingerprint density at radius 1 is 1.10 bits per heavy atom. The number of rotatable bonds is 3. The number of nitrogens with one attached hydrogen (secondary N) is 1. The van der Waals surface area contributed by atoms with Crippen molar-refractivity contribution in [1.82, 2.24) is 4.98 Å². The van der Waals surface area contributed by atoms with Gasteiger partial charge in [-0.15, -0.1) is 0 Å². The van der Waals surface area contributed by atoms with Crippen molar-refractivity contribution in [2.75, 3.05) is 5.32 Å². The molecule has 7 heteroatoms. The quantitative estimate of drug-likeness (QED) is 0.749. The van der Waals surface area contributed by atoms with E-state index in [0.29, 0.717) is 0 Å². The molecule has 0 atom stereocenters. The molecule has 0 spiro atoms. The summed E-state index contributed by atoms with van der Waals surface area (Å²) in [5.41, 5.74) is 0.0686. The first-order valence-electron chi connectivity index (χ1n) is 5.57. The highest BCUT2D eigenvalue weighted by atomic mass is 79.9. The summed E-state index contributed by atoms with van der Waals surface area (Å²) in [6, 6.07) is 8.34. The number of alkyl halides is 3. The van der Waals surface area contributed by atoms with Crippen molar-refractivity contribution >= 4 is 37.7 Å². The van der Waals surface area contributed by atoms with Gasteiger partial charge >= 0.3 is 6.18 Å². The van der Waals surface area contributed by atoms with Gasteiger partial charge in [0.05, 0.1) is 5.56 Å². The molecule has 20 heavy (non-hydrogen) atoms. The average Bonchev–Trinajstić information content (AvgIpc) is 2.36. The Hall–Kier alpha value is -1.08. The van der Waals surface area contributed by atoms with Crippen molar-refractivity contribution in [3.8, 4) is 0 Å². The highest BCUT2D eigenvalue weighted by molar-refractivity contribution is 9.10. The van der Waals surface area contributed by atoms with Gasteiger partial charge in [-0.2, -0.15) is 13.2 Å². The number of hydrogen-bond donors (Lipinski definition) is 1. The molecular weight excluding hydrogens is 401 g/mol. The number of anilines is 1. The van der Waals surface area contributed by atoms with E-state index in [4.69, 9.17) is 0 Å². The van der Waals surface area contributed by atoms with Crippen LogP contribution in [0.5, 0.6) is 0 Å². The predicted octanol–water partition coefficient (Wildman–Crippen LogP) is 5.24. The van der Waals surface area contributed by atoms with Crippen molar-refractivity contribution in [3.05, 3.63) is 56.6 Å². The van der Waals surface area contributed by atoms with E-state index < -0.39 is 11.7 Å². The maximum Gasteiger partial charge on any atom is 0.419 e. The van der Waals surface area contributed by atoms with Crippen molar-refractivity contribution in [3.63, 3.8) is 0 Å². The number of aromatic nitrogens is 1. The second kappa shape index (κ2) is 6.13. The standard InChI is InChI=1S/C13H9Br2F3N2/c14-9-3-1-2-8(4-9)6-19-12-11(13(16,17)18)5-10(15)7-20-12/h1-5,7H,6H2,(H,19,20). The van der Waals surface area contributed by atoms with E-state index in [-0.39, 0.29) is 16.8 Å². The Bertz CT molecular complexity index is 615. The molecule has 2 aromatic rings. The van der Waals surface area contributed by atoms with Crippen LogP contribution in [0.2, 0.25) is 0 Å². The molecule has 1 heterocycles. The second-order valence-electron chi connectivity index (χ2n) is 4.03. The van der Waals surface area contributed by atoms with Gasteiger partial charge < -0.3 is 5.32 Å². The summed E-state index contributed by atoms with van der Waals surface area (Å²) in [5, 5.41) is 2.72. The van der Waals surface area contributed by atoms with E-state index in [1.807, 2.05) is 24.3 Å². The molecule has 0 bridgehead atoms. The van der Waals surface area contributed by atoms with Gasteiger partial charge in [-0.05, 0) is 39.7 Å². The first kappa shape index (κ1) is 15.3. The molecule has 0 aliphatic rings. The van der Waals surface area contributed by atoms with Gasteiger partial charge in [0.2, 0.25) is 0 Å². The minimum Gasteiger partial charge on any atom is -0.365 e. The molecule has 0 aliphatic carbocycles. The lowest BCUT2D eigenvalue weighted by Crippen LogP contribution is -2.12. The lowest BCUT2D eigenvalue weighted by Gasteiger charge is -2.14. The molecule has 106 valence electrons. The number of hydrogen-bond acceptors (Lipinski definition) is 2. The van der Waals surface area contributed by atoms with Crippen LogP contribution in [0, 0.1) is 0 Å². The van der Waals surface area contributed by atoms with E-state index in [0.717, 1.165) is 16.1 Å².